The molecule has 0 saturated heterocycles. The minimum Gasteiger partial charge on any atom is -0.491 e. The summed E-state index contributed by atoms with van der Waals surface area (Å²) in [5, 5.41) is 4.61. The third-order valence-electron chi connectivity index (χ3n) is 13.6. The van der Waals surface area contributed by atoms with E-state index in [9.17, 15) is 0 Å². The number of benzene rings is 8. The van der Waals surface area contributed by atoms with Gasteiger partial charge in [-0.1, -0.05) is 121 Å². The van der Waals surface area contributed by atoms with E-state index in [0.29, 0.717) is 90.8 Å². The lowest BCUT2D eigenvalue weighted by molar-refractivity contribution is 0.0179. The van der Waals surface area contributed by atoms with Gasteiger partial charge in [-0.2, -0.15) is 0 Å². The van der Waals surface area contributed by atoms with Crippen LogP contribution in [0.5, 0.6) is 11.5 Å². The summed E-state index contributed by atoms with van der Waals surface area (Å²) >= 11 is 0. The van der Waals surface area contributed by atoms with Gasteiger partial charge in [-0.25, -0.2) is 0 Å². The van der Waals surface area contributed by atoms with Gasteiger partial charge in [0, 0.05) is 47.2 Å². The van der Waals surface area contributed by atoms with Gasteiger partial charge in [0.1, 0.15) is 24.7 Å². The first kappa shape index (κ1) is 50.7. The lowest BCUT2D eigenvalue weighted by atomic mass is 9.65. The molecule has 378 valence electrons. The van der Waals surface area contributed by atoms with E-state index in [1.54, 1.807) is 14.2 Å². The first-order chi connectivity index (χ1) is 36.5. The van der Waals surface area contributed by atoms with Crippen LogP contribution in [-0.4, -0.2) is 93.5 Å². The van der Waals surface area contributed by atoms with Gasteiger partial charge in [-0.05, 0) is 117 Å². The number of hydrogen-bond acceptors (Lipinski definition) is 10. The number of allylic oxidation sites excluding steroid dienone is 1. The number of rotatable bonds is 26. The summed E-state index contributed by atoms with van der Waals surface area (Å²) in [6.07, 6.45) is 0. The highest BCUT2D eigenvalue weighted by Gasteiger charge is 2.58. The predicted octanol–water partition coefficient (Wildman–Crippen LogP) is 12.0. The first-order valence-electron chi connectivity index (χ1n) is 25.3. The second-order valence-electron chi connectivity index (χ2n) is 18.1. The Kier molecular flexibility index (Phi) is 16.4. The van der Waals surface area contributed by atoms with Crippen LogP contribution >= 0.6 is 7.14 Å². The molecule has 0 amide bonds. The van der Waals surface area contributed by atoms with Crippen molar-refractivity contribution in [3.63, 3.8) is 0 Å². The smallest absolute Gasteiger partial charge is 0.172 e. The van der Waals surface area contributed by atoms with Crippen LogP contribution < -0.4 is 25.0 Å². The zero-order valence-electron chi connectivity index (χ0n) is 42.0. The predicted molar refractivity (Wildman–Crippen MR) is 296 cm³/mol. The van der Waals surface area contributed by atoms with E-state index in [1.807, 2.05) is 72.8 Å². The van der Waals surface area contributed by atoms with Crippen molar-refractivity contribution in [3.05, 3.63) is 222 Å². The van der Waals surface area contributed by atoms with E-state index in [4.69, 9.17) is 37.9 Å². The first-order valence-corrected chi connectivity index (χ1v) is 27.0. The molecule has 1 atom stereocenters. The van der Waals surface area contributed by atoms with Gasteiger partial charge in [-0.3, -0.25) is 0 Å². The lowest BCUT2D eigenvalue weighted by Crippen LogP contribution is -2.30. The van der Waals surface area contributed by atoms with Crippen molar-refractivity contribution >= 4 is 56.5 Å². The number of ether oxygens (including phenoxy) is 8. The fourth-order valence-corrected chi connectivity index (χ4v) is 13.7. The van der Waals surface area contributed by atoms with Crippen molar-refractivity contribution in [1.82, 2.24) is 0 Å². The number of hydrogen-bond donors (Lipinski definition) is 0. The topological polar surface area (TPSA) is 94.2 Å². The summed E-state index contributed by atoms with van der Waals surface area (Å²) < 4.78 is 62.7. The molecule has 0 N–H and O–H groups in total. The minimum absolute atomic E-state index is 0.369. The van der Waals surface area contributed by atoms with E-state index >= 15 is 4.57 Å². The highest BCUT2D eigenvalue weighted by Crippen LogP contribution is 2.74. The molecule has 2 aliphatic rings. The average molecular weight is 1010 g/mol. The number of anilines is 3. The molecule has 1 aliphatic carbocycles. The van der Waals surface area contributed by atoms with Gasteiger partial charge in [0.25, 0.3) is 0 Å². The van der Waals surface area contributed by atoms with Crippen molar-refractivity contribution in [1.29, 1.82) is 0 Å². The molecule has 8 aromatic rings. The van der Waals surface area contributed by atoms with Gasteiger partial charge in [0.05, 0.1) is 71.5 Å². The fourth-order valence-electron chi connectivity index (χ4n) is 10.3. The fraction of sp³-hybridized carbons (Fsp3) is 0.238. The van der Waals surface area contributed by atoms with Crippen LogP contribution in [0.2, 0.25) is 0 Å². The van der Waals surface area contributed by atoms with E-state index in [-0.39, 0.29) is 0 Å². The minimum atomic E-state index is -3.55. The molecule has 0 fully saturated rings. The van der Waals surface area contributed by atoms with Crippen LogP contribution in [0.1, 0.15) is 27.8 Å². The number of fused-ring (bicyclic) bond motifs is 5. The van der Waals surface area contributed by atoms with Gasteiger partial charge in [0.2, 0.25) is 0 Å². The standard InChI is InChI=1S/C63H62NO9P/c1-66-32-34-68-36-38-70-40-42-72-54-27-22-49(23-28-54)63(50-24-29-55(30-25-50)73-43-41-71-39-37-69-35-33-67-2)59-46-53(64(51-16-6-3-7-17-51)52-18-8-4-9-19-52)26-31-57(59)62-61(63)58-44-47-14-12-13-15-48(47)45-60(58)74(62,65)56-20-10-5-11-21-56/h3-31,44-46H,32-43H2,1-2H3. The normalized spacial score (nSPS) is 15.2. The molecule has 10 rings (SSSR count). The molecule has 0 bridgehead atoms. The molecule has 0 saturated carbocycles. The van der Waals surface area contributed by atoms with Crippen molar-refractivity contribution < 1.29 is 42.5 Å². The molecule has 8 aromatic carbocycles. The van der Waals surface area contributed by atoms with Crippen LogP contribution in [-0.2, 0) is 38.4 Å². The SMILES string of the molecule is COCCOCCOCCOc1ccc(C2(c3ccc(OCCOCCOCCOC)cc3)C3=C(c4ccc(N(c5ccccc5)c5ccccc5)cc42)P(=O)(c2ccccc2)c2cc4ccccc4cc23)cc1. The van der Waals surface area contributed by atoms with E-state index in [2.05, 4.69) is 126 Å². The van der Waals surface area contributed by atoms with E-state index in [0.717, 1.165) is 77.1 Å². The average Bonchev–Trinajstić information content (AvgIpc) is 3.95. The van der Waals surface area contributed by atoms with Crippen LogP contribution in [0.3, 0.4) is 0 Å². The number of nitrogens with zero attached hydrogens (tertiary/aromatic N) is 1. The van der Waals surface area contributed by atoms with Crippen LogP contribution in [0.15, 0.2) is 194 Å². The zero-order chi connectivity index (χ0) is 50.6. The summed E-state index contributed by atoms with van der Waals surface area (Å²) in [4.78, 5) is 2.29. The summed E-state index contributed by atoms with van der Waals surface area (Å²) in [5.41, 5.74) is 7.96. The second-order valence-corrected chi connectivity index (χ2v) is 20.7. The van der Waals surface area contributed by atoms with Gasteiger partial charge < -0.3 is 47.4 Å². The highest BCUT2D eigenvalue weighted by molar-refractivity contribution is 7.88. The Hall–Kier alpha value is -6.85. The molecule has 11 heteroatoms. The Bertz CT molecular complexity index is 3080. The Morgan fingerprint density at radius 2 is 0.865 bits per heavy atom. The molecular formula is C63H62NO9P. The molecule has 0 radical (unpaired) electrons. The van der Waals surface area contributed by atoms with E-state index < -0.39 is 12.6 Å². The third kappa shape index (κ3) is 10.3. The maximum Gasteiger partial charge on any atom is 0.172 e. The molecule has 0 aromatic heterocycles. The Morgan fingerprint density at radius 3 is 1.36 bits per heavy atom. The van der Waals surface area contributed by atoms with Gasteiger partial charge in [0.15, 0.2) is 7.14 Å². The van der Waals surface area contributed by atoms with Gasteiger partial charge in [-0.15, -0.1) is 0 Å². The van der Waals surface area contributed by atoms with Crippen molar-refractivity contribution in [2.24, 2.45) is 0 Å². The van der Waals surface area contributed by atoms with Crippen molar-refractivity contribution in [2.45, 2.75) is 5.41 Å². The lowest BCUT2D eigenvalue weighted by Gasteiger charge is -2.37. The maximum absolute atomic E-state index is 17.1. The maximum atomic E-state index is 17.1. The Labute approximate surface area is 434 Å². The molecule has 10 nitrogen and oxygen atoms in total. The summed E-state index contributed by atoms with van der Waals surface area (Å²) in [5.74, 6) is 1.43. The van der Waals surface area contributed by atoms with Crippen molar-refractivity contribution in [3.8, 4) is 11.5 Å². The largest absolute Gasteiger partial charge is 0.491 e. The number of methoxy groups -OCH3 is 2. The van der Waals surface area contributed by atoms with Gasteiger partial charge >= 0.3 is 0 Å². The molecule has 74 heavy (non-hydrogen) atoms. The van der Waals surface area contributed by atoms with Crippen LogP contribution in [0.25, 0.3) is 21.7 Å². The third-order valence-corrected chi connectivity index (χ3v) is 16.8. The summed E-state index contributed by atoms with van der Waals surface area (Å²) in [6, 6.07) is 67.4. The van der Waals surface area contributed by atoms with Crippen molar-refractivity contribution in [2.75, 3.05) is 98.4 Å². The Balaban J connectivity index is 1.13. The Morgan fingerprint density at radius 1 is 0.419 bits per heavy atom. The second kappa shape index (κ2) is 24.0. The molecular weight excluding hydrogens is 946 g/mol. The van der Waals surface area contributed by atoms with Crippen LogP contribution in [0, 0.1) is 0 Å². The molecule has 1 unspecified atom stereocenters. The molecule has 0 spiro atoms. The molecule has 1 aliphatic heterocycles. The summed E-state index contributed by atoms with van der Waals surface area (Å²) in [7, 11) is -0.240. The highest BCUT2D eigenvalue weighted by atomic mass is 31.2. The monoisotopic (exact) mass is 1010 g/mol. The quantitative estimate of drug-likeness (QED) is 0.0386. The van der Waals surface area contributed by atoms with E-state index in [1.165, 1.54) is 0 Å². The summed E-state index contributed by atoms with van der Waals surface area (Å²) in [6.45, 7) is 5.61. The van der Waals surface area contributed by atoms with Crippen LogP contribution in [0.4, 0.5) is 17.1 Å². The zero-order valence-corrected chi connectivity index (χ0v) is 42.9. The molecule has 1 heterocycles. The number of para-hydroxylation sites is 2.